The highest BCUT2D eigenvalue weighted by atomic mass is 16.7. The molecule has 0 fully saturated rings. The second kappa shape index (κ2) is 6.46. The van der Waals surface area contributed by atoms with E-state index in [1.807, 2.05) is 6.07 Å². The Labute approximate surface area is 158 Å². The van der Waals surface area contributed by atoms with Gasteiger partial charge < -0.3 is 23.8 Å². The first-order chi connectivity index (χ1) is 12.9. The Morgan fingerprint density at radius 1 is 1.30 bits per heavy atom. The zero-order valence-corrected chi connectivity index (χ0v) is 15.8. The lowest BCUT2D eigenvalue weighted by Crippen LogP contribution is -2.48. The first-order valence-electron chi connectivity index (χ1n) is 9.05. The predicted octanol–water partition coefficient (Wildman–Crippen LogP) is 3.08. The number of likely N-dealkylation sites (N-methyl/N-ethyl adjacent to an activating group) is 1. The van der Waals surface area contributed by atoms with E-state index in [0.717, 1.165) is 24.1 Å². The van der Waals surface area contributed by atoms with Gasteiger partial charge in [-0.15, -0.1) is 0 Å². The second-order valence-corrected chi connectivity index (χ2v) is 7.63. The number of carbonyl (C=O) groups excluding carboxylic acids is 1. The quantitative estimate of drug-likeness (QED) is 0.662. The average Bonchev–Trinajstić information content (AvgIpc) is 3.11. The molecular formula is C21H24NO5+. The molecule has 2 aliphatic heterocycles. The van der Waals surface area contributed by atoms with Crippen LogP contribution in [-0.4, -0.2) is 49.9 Å². The monoisotopic (exact) mass is 370 g/mol. The number of methoxy groups -OCH3 is 1. The fourth-order valence-corrected chi connectivity index (χ4v) is 4.11. The van der Waals surface area contributed by atoms with Gasteiger partial charge >= 0.3 is 0 Å². The average molecular weight is 370 g/mol. The molecule has 2 aromatic carbocycles. The lowest BCUT2D eigenvalue weighted by atomic mass is 9.86. The first kappa shape index (κ1) is 17.7. The molecular weight excluding hydrogens is 346 g/mol. The minimum absolute atomic E-state index is 0.0153. The summed E-state index contributed by atoms with van der Waals surface area (Å²) in [5.74, 6) is 1.89. The lowest BCUT2D eigenvalue weighted by Gasteiger charge is -2.43. The SMILES string of the molecule is COc1c2c(cc3c1C(CC(=O)c1ccccc1O)[N+](C)(C)CC3)OCO2. The van der Waals surface area contributed by atoms with Crippen LogP contribution in [0.2, 0.25) is 0 Å². The van der Waals surface area contributed by atoms with E-state index < -0.39 is 0 Å². The molecule has 4 rings (SSSR count). The summed E-state index contributed by atoms with van der Waals surface area (Å²) in [6, 6.07) is 8.59. The smallest absolute Gasteiger partial charge is 0.231 e. The van der Waals surface area contributed by atoms with Gasteiger partial charge in [-0.1, -0.05) is 12.1 Å². The number of benzene rings is 2. The minimum atomic E-state index is -0.106. The number of hydrogen-bond donors (Lipinski definition) is 1. The molecule has 0 aliphatic carbocycles. The van der Waals surface area contributed by atoms with Gasteiger partial charge in [-0.05, 0) is 23.8 Å². The zero-order valence-electron chi connectivity index (χ0n) is 15.8. The molecule has 1 atom stereocenters. The van der Waals surface area contributed by atoms with Crippen LogP contribution in [-0.2, 0) is 6.42 Å². The summed E-state index contributed by atoms with van der Waals surface area (Å²) in [7, 11) is 5.86. The molecule has 0 bridgehead atoms. The fourth-order valence-electron chi connectivity index (χ4n) is 4.11. The Kier molecular flexibility index (Phi) is 4.23. The van der Waals surface area contributed by atoms with Gasteiger partial charge in [0.15, 0.2) is 17.3 Å². The number of quaternary nitrogens is 1. The summed E-state index contributed by atoms with van der Waals surface area (Å²) in [6.45, 7) is 1.07. The van der Waals surface area contributed by atoms with Crippen LogP contribution in [0.1, 0.15) is 33.9 Å². The summed E-state index contributed by atoms with van der Waals surface area (Å²) >= 11 is 0. The highest BCUT2D eigenvalue weighted by molar-refractivity contribution is 5.99. The van der Waals surface area contributed by atoms with E-state index in [4.69, 9.17) is 14.2 Å². The van der Waals surface area contributed by atoms with Gasteiger partial charge in [-0.2, -0.15) is 0 Å². The number of phenolic OH excluding ortho intramolecular Hbond substituents is 1. The minimum Gasteiger partial charge on any atom is -0.507 e. The number of ether oxygens (including phenoxy) is 3. The van der Waals surface area contributed by atoms with Crippen LogP contribution in [0.5, 0.6) is 23.0 Å². The van der Waals surface area contributed by atoms with Gasteiger partial charge in [0.2, 0.25) is 12.5 Å². The number of para-hydroxylation sites is 1. The summed E-state index contributed by atoms with van der Waals surface area (Å²) in [6.07, 6.45) is 1.14. The van der Waals surface area contributed by atoms with Crippen molar-refractivity contribution >= 4 is 5.78 Å². The molecule has 1 unspecified atom stereocenters. The lowest BCUT2D eigenvalue weighted by molar-refractivity contribution is -0.922. The third-order valence-electron chi connectivity index (χ3n) is 5.67. The van der Waals surface area contributed by atoms with Crippen molar-refractivity contribution in [1.82, 2.24) is 0 Å². The molecule has 0 radical (unpaired) electrons. The molecule has 6 nitrogen and oxygen atoms in total. The second-order valence-electron chi connectivity index (χ2n) is 7.63. The van der Waals surface area contributed by atoms with E-state index in [-0.39, 0.29) is 30.8 Å². The highest BCUT2D eigenvalue weighted by Crippen LogP contribution is 2.51. The number of rotatable bonds is 4. The van der Waals surface area contributed by atoms with Crippen molar-refractivity contribution in [2.75, 3.05) is 34.5 Å². The van der Waals surface area contributed by atoms with E-state index in [2.05, 4.69) is 14.1 Å². The number of aromatic hydroxyl groups is 1. The van der Waals surface area contributed by atoms with Gasteiger partial charge in [0.1, 0.15) is 11.8 Å². The molecule has 0 aromatic heterocycles. The maximum atomic E-state index is 13.0. The van der Waals surface area contributed by atoms with E-state index in [9.17, 15) is 9.90 Å². The molecule has 1 N–H and O–H groups in total. The number of hydrogen-bond acceptors (Lipinski definition) is 5. The summed E-state index contributed by atoms with van der Waals surface area (Å²) in [4.78, 5) is 13.0. The predicted molar refractivity (Wildman–Crippen MR) is 99.6 cm³/mol. The van der Waals surface area contributed by atoms with Crippen LogP contribution in [0.4, 0.5) is 0 Å². The fraction of sp³-hybridized carbons (Fsp3) is 0.381. The third kappa shape index (κ3) is 2.90. The molecule has 0 saturated carbocycles. The van der Waals surface area contributed by atoms with E-state index in [1.165, 1.54) is 0 Å². The van der Waals surface area contributed by atoms with Crippen LogP contribution in [0, 0.1) is 0 Å². The highest BCUT2D eigenvalue weighted by Gasteiger charge is 2.42. The molecule has 6 heteroatoms. The molecule has 2 aliphatic rings. The largest absolute Gasteiger partial charge is 0.507 e. The number of ketones is 1. The van der Waals surface area contributed by atoms with Crippen LogP contribution in [0.25, 0.3) is 0 Å². The number of nitrogens with zero attached hydrogens (tertiary/aromatic N) is 1. The number of Topliss-reactive ketones (excluding diaryl/α,β-unsaturated/α-hetero) is 1. The topological polar surface area (TPSA) is 65.0 Å². The number of fused-ring (bicyclic) bond motifs is 2. The zero-order chi connectivity index (χ0) is 19.2. The Morgan fingerprint density at radius 3 is 2.81 bits per heavy atom. The Morgan fingerprint density at radius 2 is 2.07 bits per heavy atom. The van der Waals surface area contributed by atoms with Crippen molar-refractivity contribution < 1.29 is 28.6 Å². The normalized spacial score (nSPS) is 19.4. The molecule has 142 valence electrons. The summed E-state index contributed by atoms with van der Waals surface area (Å²) < 4.78 is 17.6. The number of carbonyl (C=O) groups is 1. The van der Waals surface area contributed by atoms with Crippen molar-refractivity contribution in [2.24, 2.45) is 0 Å². The first-order valence-corrected chi connectivity index (χ1v) is 9.05. The molecule has 2 heterocycles. The van der Waals surface area contributed by atoms with Gasteiger partial charge in [0, 0.05) is 6.42 Å². The van der Waals surface area contributed by atoms with Crippen LogP contribution in [0.3, 0.4) is 0 Å². The maximum Gasteiger partial charge on any atom is 0.231 e. The van der Waals surface area contributed by atoms with Gasteiger partial charge in [-0.3, -0.25) is 4.79 Å². The molecule has 2 aromatic rings. The Bertz CT molecular complexity index is 906. The molecule has 0 amide bonds. The Balaban J connectivity index is 1.79. The van der Waals surface area contributed by atoms with Crippen LogP contribution in [0.15, 0.2) is 30.3 Å². The van der Waals surface area contributed by atoms with E-state index >= 15 is 0 Å². The Hall–Kier alpha value is -2.73. The maximum absolute atomic E-state index is 13.0. The number of phenols is 1. The van der Waals surface area contributed by atoms with Crippen LogP contribution >= 0.6 is 0 Å². The van der Waals surface area contributed by atoms with Crippen molar-refractivity contribution in [3.05, 3.63) is 47.0 Å². The summed E-state index contributed by atoms with van der Waals surface area (Å²) in [5.41, 5.74) is 2.48. The van der Waals surface area contributed by atoms with Gasteiger partial charge in [0.25, 0.3) is 0 Å². The van der Waals surface area contributed by atoms with Crippen molar-refractivity contribution in [3.63, 3.8) is 0 Å². The third-order valence-corrected chi connectivity index (χ3v) is 5.67. The van der Waals surface area contributed by atoms with Gasteiger partial charge in [0.05, 0.1) is 45.3 Å². The van der Waals surface area contributed by atoms with Crippen molar-refractivity contribution in [3.8, 4) is 23.0 Å². The molecule has 27 heavy (non-hydrogen) atoms. The van der Waals surface area contributed by atoms with Gasteiger partial charge in [-0.25, -0.2) is 0 Å². The summed E-state index contributed by atoms with van der Waals surface area (Å²) in [5, 5.41) is 10.1. The molecule has 0 spiro atoms. The van der Waals surface area contributed by atoms with Crippen LogP contribution < -0.4 is 14.2 Å². The van der Waals surface area contributed by atoms with E-state index in [1.54, 1.807) is 31.4 Å². The standard InChI is InChI=1S/C21H23NO5/c1-22(2)9-8-13-10-18-20(27-12-26-18)21(25-3)19(13)15(22)11-17(24)14-6-4-5-7-16(14)23/h4-7,10,15H,8-9,11-12H2,1-3H3/p+1. The molecule has 0 saturated heterocycles. The van der Waals surface area contributed by atoms with Crippen molar-refractivity contribution in [1.29, 1.82) is 0 Å². The van der Waals surface area contributed by atoms with E-state index in [0.29, 0.717) is 27.3 Å². The van der Waals surface area contributed by atoms with Crippen molar-refractivity contribution in [2.45, 2.75) is 18.9 Å².